The summed E-state index contributed by atoms with van der Waals surface area (Å²) in [4.78, 5) is 4.84. The van der Waals surface area contributed by atoms with E-state index in [4.69, 9.17) is 14.5 Å². The molecule has 0 radical (unpaired) electrons. The number of nitrogens with one attached hydrogen (secondary N) is 1. The van der Waals surface area contributed by atoms with E-state index < -0.39 is 0 Å². The summed E-state index contributed by atoms with van der Waals surface area (Å²) < 4.78 is 10.9. The van der Waals surface area contributed by atoms with Crippen molar-refractivity contribution < 1.29 is 14.6 Å². The van der Waals surface area contributed by atoms with E-state index in [0.717, 1.165) is 55.8 Å². The summed E-state index contributed by atoms with van der Waals surface area (Å²) in [5.41, 5.74) is 5.53. The van der Waals surface area contributed by atoms with Gasteiger partial charge in [-0.2, -0.15) is 0 Å². The Hall–Kier alpha value is -3.31. The number of aryl methyl sites for hydroxylation is 1. The van der Waals surface area contributed by atoms with Crippen LogP contribution in [0.5, 0.6) is 11.5 Å². The van der Waals surface area contributed by atoms with Crippen LogP contribution in [0, 0.1) is 6.92 Å². The first-order chi connectivity index (χ1) is 13.6. The molecule has 142 valence electrons. The Kier molecular flexibility index (Phi) is 4.75. The summed E-state index contributed by atoms with van der Waals surface area (Å²) in [5, 5.41) is 14.8. The highest BCUT2D eigenvalue weighted by atomic mass is 16.5. The number of aliphatic hydroxyl groups excluding tert-OH is 1. The van der Waals surface area contributed by atoms with Gasteiger partial charge >= 0.3 is 0 Å². The Bertz CT molecular complexity index is 1150. The average Bonchev–Trinajstić information content (AvgIpc) is 2.73. The lowest BCUT2D eigenvalue weighted by Crippen LogP contribution is -1.98. The molecule has 4 rings (SSSR count). The predicted molar refractivity (Wildman–Crippen MR) is 113 cm³/mol. The van der Waals surface area contributed by atoms with E-state index >= 15 is 0 Å². The van der Waals surface area contributed by atoms with Crippen molar-refractivity contribution in [3.05, 3.63) is 65.7 Å². The third kappa shape index (κ3) is 3.21. The van der Waals surface area contributed by atoms with Crippen molar-refractivity contribution in [2.45, 2.75) is 13.5 Å². The van der Waals surface area contributed by atoms with Gasteiger partial charge in [0.25, 0.3) is 0 Å². The van der Waals surface area contributed by atoms with Crippen LogP contribution >= 0.6 is 0 Å². The molecule has 0 saturated carbocycles. The van der Waals surface area contributed by atoms with E-state index in [-0.39, 0.29) is 6.61 Å². The van der Waals surface area contributed by atoms with E-state index in [0.29, 0.717) is 0 Å². The third-order valence-corrected chi connectivity index (χ3v) is 4.90. The lowest BCUT2D eigenvalue weighted by molar-refractivity contribution is 0.282. The molecular weight excluding hydrogens is 352 g/mol. The molecule has 3 aromatic carbocycles. The molecule has 5 heteroatoms. The number of aliphatic hydroxyl groups is 1. The SMILES string of the molecule is COc1ccc2c(Nc3ccc(CO)cc3)c3cc(OC)c(C)cc3nc2c1. The number of nitrogens with zero attached hydrogens (tertiary/aromatic N) is 1. The Morgan fingerprint density at radius 1 is 0.893 bits per heavy atom. The number of methoxy groups -OCH3 is 2. The van der Waals surface area contributed by atoms with Crippen LogP contribution in [0.1, 0.15) is 11.1 Å². The number of hydrogen-bond donors (Lipinski definition) is 2. The van der Waals surface area contributed by atoms with Gasteiger partial charge in [0.05, 0.1) is 37.5 Å². The summed E-state index contributed by atoms with van der Waals surface area (Å²) in [7, 11) is 3.33. The molecule has 0 aliphatic carbocycles. The number of benzene rings is 3. The van der Waals surface area contributed by atoms with Crippen LogP contribution < -0.4 is 14.8 Å². The van der Waals surface area contributed by atoms with Crippen molar-refractivity contribution in [2.75, 3.05) is 19.5 Å². The van der Waals surface area contributed by atoms with Crippen LogP contribution in [-0.2, 0) is 6.61 Å². The Labute approximate surface area is 163 Å². The van der Waals surface area contributed by atoms with Gasteiger partial charge < -0.3 is 19.9 Å². The highest BCUT2D eigenvalue weighted by Crippen LogP contribution is 2.37. The lowest BCUT2D eigenvalue weighted by Gasteiger charge is -2.16. The molecular formula is C23H22N2O3. The summed E-state index contributed by atoms with van der Waals surface area (Å²) >= 11 is 0. The monoisotopic (exact) mass is 374 g/mol. The lowest BCUT2D eigenvalue weighted by atomic mass is 10.0. The van der Waals surface area contributed by atoms with Gasteiger partial charge in [-0.25, -0.2) is 4.98 Å². The van der Waals surface area contributed by atoms with Gasteiger partial charge in [-0.3, -0.25) is 0 Å². The largest absolute Gasteiger partial charge is 0.497 e. The molecule has 0 aliphatic heterocycles. The zero-order chi connectivity index (χ0) is 19.7. The highest BCUT2D eigenvalue weighted by Gasteiger charge is 2.13. The molecule has 1 aromatic heterocycles. The van der Waals surface area contributed by atoms with Crippen molar-refractivity contribution in [1.29, 1.82) is 0 Å². The second-order valence-corrected chi connectivity index (χ2v) is 6.69. The molecule has 4 aromatic rings. The number of anilines is 2. The van der Waals surface area contributed by atoms with Crippen molar-refractivity contribution in [2.24, 2.45) is 0 Å². The Balaban J connectivity index is 1.96. The number of ether oxygens (including phenoxy) is 2. The molecule has 0 atom stereocenters. The summed E-state index contributed by atoms with van der Waals surface area (Å²) in [6.07, 6.45) is 0. The minimum absolute atomic E-state index is 0.0255. The van der Waals surface area contributed by atoms with Crippen LogP contribution in [0.4, 0.5) is 11.4 Å². The summed E-state index contributed by atoms with van der Waals surface area (Å²) in [6, 6.07) is 17.7. The molecule has 0 unspecified atom stereocenters. The van der Waals surface area contributed by atoms with Crippen LogP contribution in [0.25, 0.3) is 21.8 Å². The van der Waals surface area contributed by atoms with Gasteiger partial charge in [-0.1, -0.05) is 12.1 Å². The minimum Gasteiger partial charge on any atom is -0.497 e. The van der Waals surface area contributed by atoms with Gasteiger partial charge in [0, 0.05) is 22.5 Å². The molecule has 0 amide bonds. The zero-order valence-electron chi connectivity index (χ0n) is 16.1. The molecule has 0 spiro atoms. The van der Waals surface area contributed by atoms with Gasteiger partial charge in [-0.05, 0) is 54.4 Å². The van der Waals surface area contributed by atoms with Crippen LogP contribution in [0.3, 0.4) is 0 Å². The maximum atomic E-state index is 9.28. The first kappa shape index (κ1) is 18.1. The van der Waals surface area contributed by atoms with Crippen molar-refractivity contribution in [3.63, 3.8) is 0 Å². The quantitative estimate of drug-likeness (QED) is 0.484. The van der Waals surface area contributed by atoms with E-state index in [2.05, 4.69) is 5.32 Å². The Morgan fingerprint density at radius 2 is 1.64 bits per heavy atom. The molecule has 28 heavy (non-hydrogen) atoms. The summed E-state index contributed by atoms with van der Waals surface area (Å²) in [6.45, 7) is 2.04. The fourth-order valence-electron chi connectivity index (χ4n) is 3.38. The summed E-state index contributed by atoms with van der Waals surface area (Å²) in [5.74, 6) is 1.59. The fraction of sp³-hybridized carbons (Fsp3) is 0.174. The van der Waals surface area contributed by atoms with Crippen LogP contribution in [-0.4, -0.2) is 24.3 Å². The predicted octanol–water partition coefficient (Wildman–Crippen LogP) is 4.95. The number of rotatable bonds is 5. The maximum Gasteiger partial charge on any atom is 0.122 e. The molecule has 0 fully saturated rings. The molecule has 2 N–H and O–H groups in total. The number of pyridine rings is 1. The van der Waals surface area contributed by atoms with Crippen molar-refractivity contribution in [3.8, 4) is 11.5 Å². The van der Waals surface area contributed by atoms with Crippen molar-refractivity contribution in [1.82, 2.24) is 4.98 Å². The van der Waals surface area contributed by atoms with Crippen molar-refractivity contribution >= 4 is 33.2 Å². The van der Waals surface area contributed by atoms with Crippen LogP contribution in [0.15, 0.2) is 54.6 Å². The third-order valence-electron chi connectivity index (χ3n) is 4.90. The average molecular weight is 374 g/mol. The van der Waals surface area contributed by atoms with Crippen LogP contribution in [0.2, 0.25) is 0 Å². The Morgan fingerprint density at radius 3 is 2.32 bits per heavy atom. The second-order valence-electron chi connectivity index (χ2n) is 6.69. The number of aromatic nitrogens is 1. The molecule has 0 bridgehead atoms. The first-order valence-electron chi connectivity index (χ1n) is 9.06. The molecule has 0 saturated heterocycles. The smallest absolute Gasteiger partial charge is 0.122 e. The normalized spacial score (nSPS) is 11.0. The molecule has 5 nitrogen and oxygen atoms in total. The van der Waals surface area contributed by atoms with Gasteiger partial charge in [0.15, 0.2) is 0 Å². The molecule has 1 heterocycles. The van der Waals surface area contributed by atoms with E-state index in [1.165, 1.54) is 0 Å². The minimum atomic E-state index is 0.0255. The number of fused-ring (bicyclic) bond motifs is 2. The van der Waals surface area contributed by atoms with E-state index in [1.807, 2.05) is 61.5 Å². The van der Waals surface area contributed by atoms with Gasteiger partial charge in [0.1, 0.15) is 11.5 Å². The van der Waals surface area contributed by atoms with Gasteiger partial charge in [0.2, 0.25) is 0 Å². The van der Waals surface area contributed by atoms with E-state index in [1.54, 1.807) is 14.2 Å². The first-order valence-corrected chi connectivity index (χ1v) is 9.06. The standard InChI is InChI=1S/C23H22N2O3/c1-14-10-20-19(12-22(14)28-3)23(24-16-6-4-15(13-26)5-7-16)18-9-8-17(27-2)11-21(18)25-20/h4-12,26H,13H2,1-3H3,(H,24,25). The fourth-order valence-corrected chi connectivity index (χ4v) is 3.38. The van der Waals surface area contributed by atoms with Gasteiger partial charge in [-0.15, -0.1) is 0 Å². The molecule has 0 aliphatic rings. The van der Waals surface area contributed by atoms with E-state index in [9.17, 15) is 5.11 Å². The second kappa shape index (κ2) is 7.37. The maximum absolute atomic E-state index is 9.28. The number of hydrogen-bond acceptors (Lipinski definition) is 5. The zero-order valence-corrected chi connectivity index (χ0v) is 16.1. The topological polar surface area (TPSA) is 63.6 Å². The highest BCUT2D eigenvalue weighted by molar-refractivity contribution is 6.09.